The first-order valence-electron chi connectivity index (χ1n) is 9.77. The van der Waals surface area contributed by atoms with Crippen molar-refractivity contribution in [3.05, 3.63) is 95.2 Å². The zero-order chi connectivity index (χ0) is 21.6. The number of aromatic amines is 1. The minimum absolute atomic E-state index is 0.152. The largest absolute Gasteiger partial charge is 0.416 e. The number of fused-ring (bicyclic) bond motifs is 3. The molecule has 8 heteroatoms. The van der Waals surface area contributed by atoms with Crippen LogP contribution in [0.5, 0.6) is 0 Å². The van der Waals surface area contributed by atoms with Gasteiger partial charge in [0.2, 0.25) is 0 Å². The van der Waals surface area contributed by atoms with Gasteiger partial charge >= 0.3 is 6.18 Å². The summed E-state index contributed by atoms with van der Waals surface area (Å²) in [5.41, 5.74) is 2.42. The number of H-pyrrole nitrogens is 1. The predicted molar refractivity (Wildman–Crippen MR) is 108 cm³/mol. The lowest BCUT2D eigenvalue weighted by molar-refractivity contribution is -0.137. The van der Waals surface area contributed by atoms with E-state index < -0.39 is 17.8 Å². The number of benzene rings is 2. The highest BCUT2D eigenvalue weighted by molar-refractivity contribution is 5.93. The van der Waals surface area contributed by atoms with Crippen molar-refractivity contribution in [2.24, 2.45) is 0 Å². The Bertz CT molecular complexity index is 1270. The molecule has 1 atom stereocenters. The number of halogens is 3. The molecule has 0 fully saturated rings. The third-order valence-electron chi connectivity index (χ3n) is 5.61. The summed E-state index contributed by atoms with van der Waals surface area (Å²) in [6.07, 6.45) is 0.360. The molecule has 0 bridgehead atoms. The topological polar surface area (TPSA) is 61.9 Å². The van der Waals surface area contributed by atoms with Crippen molar-refractivity contribution in [1.82, 2.24) is 19.9 Å². The number of nitrogens with one attached hydrogen (secondary N) is 1. The van der Waals surface area contributed by atoms with E-state index in [1.807, 2.05) is 24.3 Å². The van der Waals surface area contributed by atoms with Gasteiger partial charge in [0, 0.05) is 35.5 Å². The van der Waals surface area contributed by atoms with Gasteiger partial charge in [0.25, 0.3) is 5.91 Å². The molecule has 156 valence electrons. The third-order valence-corrected chi connectivity index (χ3v) is 5.61. The average Bonchev–Trinajstić information content (AvgIpc) is 3.17. The van der Waals surface area contributed by atoms with E-state index in [0.29, 0.717) is 18.5 Å². The first-order valence-corrected chi connectivity index (χ1v) is 9.77. The van der Waals surface area contributed by atoms with Crippen LogP contribution in [0.25, 0.3) is 10.9 Å². The SMILES string of the molecule is O=C(c1cnccn1)N1CCc2c([nH]c3ccccc23)[C@H]1c1cccc(C(F)(F)F)c1. The molecule has 1 amide bonds. The van der Waals surface area contributed by atoms with Gasteiger partial charge in [-0.15, -0.1) is 0 Å². The van der Waals surface area contributed by atoms with Gasteiger partial charge < -0.3 is 9.88 Å². The Balaban J connectivity index is 1.69. The maximum absolute atomic E-state index is 13.4. The minimum atomic E-state index is -4.48. The van der Waals surface area contributed by atoms with E-state index in [0.717, 1.165) is 34.3 Å². The zero-order valence-corrected chi connectivity index (χ0v) is 16.2. The summed E-state index contributed by atoms with van der Waals surface area (Å²) >= 11 is 0. The zero-order valence-electron chi connectivity index (χ0n) is 16.2. The normalized spacial score (nSPS) is 16.4. The second kappa shape index (κ2) is 7.23. The molecule has 0 saturated carbocycles. The molecule has 31 heavy (non-hydrogen) atoms. The molecule has 4 aromatic rings. The Morgan fingerprint density at radius 2 is 1.94 bits per heavy atom. The van der Waals surface area contributed by atoms with Crippen LogP contribution in [0.15, 0.2) is 67.1 Å². The number of hydrogen-bond donors (Lipinski definition) is 1. The fourth-order valence-corrected chi connectivity index (χ4v) is 4.25. The highest BCUT2D eigenvalue weighted by Gasteiger charge is 2.37. The van der Waals surface area contributed by atoms with Crippen molar-refractivity contribution >= 4 is 16.8 Å². The van der Waals surface area contributed by atoms with Gasteiger partial charge in [0.05, 0.1) is 17.8 Å². The van der Waals surface area contributed by atoms with E-state index in [4.69, 9.17) is 0 Å². The number of hydrogen-bond acceptors (Lipinski definition) is 3. The van der Waals surface area contributed by atoms with Crippen molar-refractivity contribution < 1.29 is 18.0 Å². The number of amides is 1. The van der Waals surface area contributed by atoms with Crippen LogP contribution >= 0.6 is 0 Å². The van der Waals surface area contributed by atoms with E-state index in [-0.39, 0.29) is 11.6 Å². The van der Waals surface area contributed by atoms with Gasteiger partial charge in [0.1, 0.15) is 5.69 Å². The summed E-state index contributed by atoms with van der Waals surface area (Å²) in [4.78, 5) is 26.2. The first-order chi connectivity index (χ1) is 14.9. The van der Waals surface area contributed by atoms with Gasteiger partial charge in [0.15, 0.2) is 0 Å². The number of alkyl halides is 3. The molecule has 3 heterocycles. The van der Waals surface area contributed by atoms with Crippen LogP contribution in [0.3, 0.4) is 0 Å². The number of nitrogens with zero attached hydrogens (tertiary/aromatic N) is 3. The van der Waals surface area contributed by atoms with E-state index >= 15 is 0 Å². The Kier molecular flexibility index (Phi) is 4.50. The standard InChI is InChI=1S/C23H17F3N4O/c24-23(25,26)15-5-3-4-14(12-15)21-20-17(16-6-1-2-7-18(16)29-20)8-11-30(21)22(31)19-13-27-9-10-28-19/h1-7,9-10,12-13,21,29H,8,11H2/t21-/m1/s1. The van der Waals surface area contributed by atoms with Gasteiger partial charge in [-0.1, -0.05) is 30.3 Å². The van der Waals surface area contributed by atoms with Crippen LogP contribution in [0.1, 0.15) is 38.9 Å². The molecule has 0 aliphatic carbocycles. The van der Waals surface area contributed by atoms with Gasteiger partial charge in [-0.2, -0.15) is 13.2 Å². The van der Waals surface area contributed by atoms with E-state index in [1.165, 1.54) is 24.7 Å². The molecule has 2 aromatic heterocycles. The highest BCUT2D eigenvalue weighted by atomic mass is 19.4. The summed E-state index contributed by atoms with van der Waals surface area (Å²) < 4.78 is 40.2. The molecule has 1 aliphatic rings. The number of carbonyl (C=O) groups excluding carboxylic acids is 1. The molecule has 0 spiro atoms. The Hall–Kier alpha value is -3.68. The van der Waals surface area contributed by atoms with Crippen molar-refractivity contribution in [2.45, 2.75) is 18.6 Å². The Labute approximate surface area is 175 Å². The van der Waals surface area contributed by atoms with Crippen LogP contribution in [0.2, 0.25) is 0 Å². The van der Waals surface area contributed by atoms with Crippen LogP contribution in [-0.4, -0.2) is 32.3 Å². The number of rotatable bonds is 2. The average molecular weight is 422 g/mol. The molecule has 0 radical (unpaired) electrons. The number of carbonyl (C=O) groups is 1. The van der Waals surface area contributed by atoms with Gasteiger partial charge in [-0.3, -0.25) is 9.78 Å². The second-order valence-corrected chi connectivity index (χ2v) is 7.43. The lowest BCUT2D eigenvalue weighted by Crippen LogP contribution is -2.41. The fourth-order valence-electron chi connectivity index (χ4n) is 4.25. The smallest absolute Gasteiger partial charge is 0.356 e. The number of para-hydroxylation sites is 1. The molecule has 1 aliphatic heterocycles. The first kappa shape index (κ1) is 19.3. The third kappa shape index (κ3) is 3.34. The van der Waals surface area contributed by atoms with E-state index in [9.17, 15) is 18.0 Å². The van der Waals surface area contributed by atoms with Crippen LogP contribution in [0.4, 0.5) is 13.2 Å². The molecular weight excluding hydrogens is 405 g/mol. The summed E-state index contributed by atoms with van der Waals surface area (Å²) in [6.45, 7) is 0.352. The molecule has 5 nitrogen and oxygen atoms in total. The summed E-state index contributed by atoms with van der Waals surface area (Å²) in [6, 6.07) is 12.2. The van der Waals surface area contributed by atoms with Crippen molar-refractivity contribution in [3.63, 3.8) is 0 Å². The fraction of sp³-hybridized carbons (Fsp3) is 0.174. The van der Waals surface area contributed by atoms with Crippen molar-refractivity contribution in [1.29, 1.82) is 0 Å². The van der Waals surface area contributed by atoms with Gasteiger partial charge in [-0.25, -0.2) is 4.98 Å². The molecule has 5 rings (SSSR count). The van der Waals surface area contributed by atoms with E-state index in [1.54, 1.807) is 11.0 Å². The van der Waals surface area contributed by atoms with Gasteiger partial charge in [-0.05, 0) is 35.7 Å². The Morgan fingerprint density at radius 3 is 2.71 bits per heavy atom. The summed E-state index contributed by atoms with van der Waals surface area (Å²) in [5, 5.41) is 1.01. The summed E-state index contributed by atoms with van der Waals surface area (Å²) in [5.74, 6) is -0.375. The maximum Gasteiger partial charge on any atom is 0.416 e. The van der Waals surface area contributed by atoms with Crippen LogP contribution in [0, 0.1) is 0 Å². The molecule has 0 saturated heterocycles. The molecular formula is C23H17F3N4O. The molecule has 2 aromatic carbocycles. The lowest BCUT2D eigenvalue weighted by atomic mass is 9.91. The Morgan fingerprint density at radius 1 is 1.10 bits per heavy atom. The lowest BCUT2D eigenvalue weighted by Gasteiger charge is -2.36. The predicted octanol–water partition coefficient (Wildman–Crippen LogP) is 4.76. The quantitative estimate of drug-likeness (QED) is 0.507. The van der Waals surface area contributed by atoms with E-state index in [2.05, 4.69) is 15.0 Å². The van der Waals surface area contributed by atoms with Crippen LogP contribution in [-0.2, 0) is 12.6 Å². The van der Waals surface area contributed by atoms with Crippen LogP contribution < -0.4 is 0 Å². The number of aromatic nitrogens is 3. The van der Waals surface area contributed by atoms with Crippen molar-refractivity contribution in [2.75, 3.05) is 6.54 Å². The minimum Gasteiger partial charge on any atom is -0.356 e. The molecule has 1 N–H and O–H groups in total. The summed E-state index contributed by atoms with van der Waals surface area (Å²) in [7, 11) is 0. The van der Waals surface area contributed by atoms with Crippen molar-refractivity contribution in [3.8, 4) is 0 Å². The monoisotopic (exact) mass is 422 g/mol. The maximum atomic E-state index is 13.4. The highest BCUT2D eigenvalue weighted by Crippen LogP contribution is 2.40. The second-order valence-electron chi connectivity index (χ2n) is 7.43. The molecule has 0 unspecified atom stereocenters.